The van der Waals surface area contributed by atoms with Gasteiger partial charge < -0.3 is 15.8 Å². The Labute approximate surface area is 121 Å². The number of ether oxygens (including phenoxy) is 1. The maximum absolute atomic E-state index is 12.1. The molecule has 0 aromatic carbocycles. The fourth-order valence-corrected chi connectivity index (χ4v) is 2.93. The molecule has 1 aliphatic carbocycles. The molecule has 3 N–H and O–H groups in total. The van der Waals surface area contributed by atoms with Crippen LogP contribution < -0.4 is 11.1 Å². The number of aromatic nitrogens is 1. The summed E-state index contributed by atoms with van der Waals surface area (Å²) >= 11 is 1.11. The van der Waals surface area contributed by atoms with Crippen molar-refractivity contribution < 1.29 is 14.3 Å². The number of nitrogens with one attached hydrogen (secondary N) is 1. The van der Waals surface area contributed by atoms with E-state index in [1.165, 1.54) is 0 Å². The molecule has 0 bridgehead atoms. The van der Waals surface area contributed by atoms with Crippen molar-refractivity contribution >= 4 is 23.2 Å². The topological polar surface area (TPSA) is 94.3 Å². The lowest BCUT2D eigenvalue weighted by molar-refractivity contribution is 0.0526. The van der Waals surface area contributed by atoms with Crippen molar-refractivity contribution in [3.05, 3.63) is 16.1 Å². The maximum Gasteiger partial charge on any atom is 0.367 e. The Morgan fingerprint density at radius 3 is 2.95 bits per heavy atom. The van der Waals surface area contributed by atoms with Gasteiger partial charge in [-0.1, -0.05) is 12.8 Å². The fraction of sp³-hybridized carbons (Fsp3) is 0.615. The molecule has 1 heterocycles. The second kappa shape index (κ2) is 6.81. The molecule has 110 valence electrons. The second-order valence-electron chi connectivity index (χ2n) is 4.79. The summed E-state index contributed by atoms with van der Waals surface area (Å²) < 4.78 is 4.85. The predicted octanol–water partition coefficient (Wildman–Crippen LogP) is 1.32. The van der Waals surface area contributed by atoms with Crippen molar-refractivity contribution in [2.75, 3.05) is 6.61 Å². The molecule has 6 nitrogen and oxygen atoms in total. The number of amides is 1. The van der Waals surface area contributed by atoms with Crippen LogP contribution in [0, 0.1) is 0 Å². The summed E-state index contributed by atoms with van der Waals surface area (Å²) in [6.45, 7) is 2.01. The van der Waals surface area contributed by atoms with Gasteiger partial charge in [0.15, 0.2) is 0 Å². The summed E-state index contributed by atoms with van der Waals surface area (Å²) in [5.41, 5.74) is 6.24. The van der Waals surface area contributed by atoms with Gasteiger partial charge in [-0.25, -0.2) is 9.78 Å². The van der Waals surface area contributed by atoms with Crippen molar-refractivity contribution in [2.45, 2.75) is 44.7 Å². The normalized spacial score (nSPS) is 22.3. The third-order valence-corrected chi connectivity index (χ3v) is 4.15. The van der Waals surface area contributed by atoms with E-state index in [0.717, 1.165) is 37.0 Å². The molecule has 1 saturated carbocycles. The zero-order valence-corrected chi connectivity index (χ0v) is 12.2. The summed E-state index contributed by atoms with van der Waals surface area (Å²) in [6.07, 6.45) is 4.00. The molecule has 1 fully saturated rings. The van der Waals surface area contributed by atoms with E-state index in [2.05, 4.69) is 10.3 Å². The Balaban J connectivity index is 1.97. The molecule has 1 aromatic rings. The lowest BCUT2D eigenvalue weighted by Crippen LogP contribution is -2.49. The van der Waals surface area contributed by atoms with Gasteiger partial charge in [0.25, 0.3) is 5.91 Å². The smallest absolute Gasteiger partial charge is 0.367 e. The van der Waals surface area contributed by atoms with E-state index in [0.29, 0.717) is 0 Å². The number of nitrogens with two attached hydrogens (primary N) is 1. The highest BCUT2D eigenvalue weighted by Gasteiger charge is 2.25. The van der Waals surface area contributed by atoms with E-state index in [1.807, 2.05) is 0 Å². The van der Waals surface area contributed by atoms with E-state index in [9.17, 15) is 9.59 Å². The summed E-state index contributed by atoms with van der Waals surface area (Å²) in [7, 11) is 0. The second-order valence-corrected chi connectivity index (χ2v) is 5.64. The molecule has 0 spiro atoms. The minimum Gasteiger partial charge on any atom is -0.461 e. The minimum atomic E-state index is -0.495. The Morgan fingerprint density at radius 2 is 2.25 bits per heavy atom. The van der Waals surface area contributed by atoms with Crippen LogP contribution in [-0.2, 0) is 4.74 Å². The van der Waals surface area contributed by atoms with Crippen molar-refractivity contribution in [1.82, 2.24) is 10.3 Å². The van der Waals surface area contributed by atoms with Crippen LogP contribution in [0.4, 0.5) is 0 Å². The zero-order chi connectivity index (χ0) is 14.5. The molecule has 1 aliphatic rings. The molecule has 2 unspecified atom stereocenters. The summed E-state index contributed by atoms with van der Waals surface area (Å²) in [4.78, 5) is 27.6. The number of esters is 1. The van der Waals surface area contributed by atoms with Crippen LogP contribution >= 0.6 is 11.3 Å². The highest BCUT2D eigenvalue weighted by atomic mass is 32.1. The molecular formula is C13H19N3O3S. The first-order valence-corrected chi connectivity index (χ1v) is 7.69. The van der Waals surface area contributed by atoms with Gasteiger partial charge >= 0.3 is 5.97 Å². The minimum absolute atomic E-state index is 0.00383. The van der Waals surface area contributed by atoms with Gasteiger partial charge in [-0.3, -0.25) is 4.79 Å². The van der Waals surface area contributed by atoms with E-state index < -0.39 is 5.97 Å². The number of rotatable bonds is 4. The molecule has 0 radical (unpaired) electrons. The van der Waals surface area contributed by atoms with Gasteiger partial charge in [-0.05, 0) is 19.8 Å². The zero-order valence-electron chi connectivity index (χ0n) is 11.4. The predicted molar refractivity (Wildman–Crippen MR) is 75.8 cm³/mol. The number of thiazole rings is 1. The highest BCUT2D eigenvalue weighted by Crippen LogP contribution is 2.18. The van der Waals surface area contributed by atoms with Crippen LogP contribution in [0.2, 0.25) is 0 Å². The largest absolute Gasteiger partial charge is 0.461 e. The van der Waals surface area contributed by atoms with Crippen molar-refractivity contribution in [3.8, 4) is 0 Å². The molecular weight excluding hydrogens is 278 g/mol. The first kappa shape index (κ1) is 14.9. The van der Waals surface area contributed by atoms with Crippen LogP contribution in [0.15, 0.2) is 5.38 Å². The lowest BCUT2D eigenvalue weighted by atomic mass is 9.91. The summed E-state index contributed by atoms with van der Waals surface area (Å²) in [5, 5.41) is 4.66. The van der Waals surface area contributed by atoms with Crippen molar-refractivity contribution in [1.29, 1.82) is 0 Å². The van der Waals surface area contributed by atoms with Gasteiger partial charge in [0.05, 0.1) is 6.61 Å². The Hall–Kier alpha value is -1.47. The van der Waals surface area contributed by atoms with Crippen LogP contribution in [0.25, 0.3) is 0 Å². The molecule has 7 heteroatoms. The van der Waals surface area contributed by atoms with E-state index in [1.54, 1.807) is 12.3 Å². The van der Waals surface area contributed by atoms with Gasteiger partial charge in [0, 0.05) is 17.5 Å². The van der Waals surface area contributed by atoms with E-state index in [4.69, 9.17) is 10.5 Å². The number of hydrogen-bond acceptors (Lipinski definition) is 6. The quantitative estimate of drug-likeness (QED) is 0.817. The van der Waals surface area contributed by atoms with E-state index in [-0.39, 0.29) is 35.3 Å². The number of carbonyl (C=O) groups is 2. The molecule has 0 aliphatic heterocycles. The summed E-state index contributed by atoms with van der Waals surface area (Å²) in [6, 6.07) is -0.0140. The Morgan fingerprint density at radius 1 is 1.50 bits per heavy atom. The van der Waals surface area contributed by atoms with Crippen LogP contribution in [0.1, 0.15) is 52.9 Å². The van der Waals surface area contributed by atoms with Crippen molar-refractivity contribution in [2.24, 2.45) is 5.73 Å². The number of nitrogens with zero attached hydrogens (tertiary/aromatic N) is 1. The fourth-order valence-electron chi connectivity index (χ4n) is 2.25. The monoisotopic (exact) mass is 297 g/mol. The third-order valence-electron chi connectivity index (χ3n) is 3.32. The molecule has 2 atom stereocenters. The molecule has 20 heavy (non-hydrogen) atoms. The first-order valence-electron chi connectivity index (χ1n) is 6.81. The van der Waals surface area contributed by atoms with Crippen LogP contribution in [-0.4, -0.2) is 35.6 Å². The standard InChI is InChI=1S/C13H19N3O3S/c1-2-19-13(18)12-16-10(7-20-12)11(17)15-9-6-4-3-5-8(9)14/h7-9H,2-6,14H2,1H3,(H,15,17). The SMILES string of the molecule is CCOC(=O)c1nc(C(=O)NC2CCCCC2N)cs1. The van der Waals surface area contributed by atoms with Gasteiger partial charge in [0.2, 0.25) is 5.01 Å². The van der Waals surface area contributed by atoms with Gasteiger partial charge in [0.1, 0.15) is 5.69 Å². The molecule has 1 amide bonds. The van der Waals surface area contributed by atoms with E-state index >= 15 is 0 Å². The molecule has 2 rings (SSSR count). The molecule has 1 aromatic heterocycles. The Bertz CT molecular complexity index is 489. The first-order chi connectivity index (χ1) is 9.61. The van der Waals surface area contributed by atoms with Gasteiger partial charge in [-0.15, -0.1) is 11.3 Å². The van der Waals surface area contributed by atoms with Crippen LogP contribution in [0.5, 0.6) is 0 Å². The number of carbonyl (C=O) groups excluding carboxylic acids is 2. The number of hydrogen-bond donors (Lipinski definition) is 2. The van der Waals surface area contributed by atoms with Gasteiger partial charge in [-0.2, -0.15) is 0 Å². The lowest BCUT2D eigenvalue weighted by Gasteiger charge is -2.28. The van der Waals surface area contributed by atoms with Crippen molar-refractivity contribution in [3.63, 3.8) is 0 Å². The highest BCUT2D eigenvalue weighted by molar-refractivity contribution is 7.11. The molecule has 0 saturated heterocycles. The Kier molecular flexibility index (Phi) is 5.08. The third kappa shape index (κ3) is 3.55. The summed E-state index contributed by atoms with van der Waals surface area (Å²) in [5.74, 6) is -0.773. The van der Waals surface area contributed by atoms with Crippen LogP contribution in [0.3, 0.4) is 0 Å². The average molecular weight is 297 g/mol. The average Bonchev–Trinajstić information content (AvgIpc) is 2.91. The maximum atomic E-state index is 12.1.